The number of H-pyrrole nitrogens is 1. The Morgan fingerprint density at radius 2 is 1.93 bits per heavy atom. The van der Waals surface area contributed by atoms with Crippen molar-refractivity contribution in [1.82, 2.24) is 14.5 Å². The van der Waals surface area contributed by atoms with Gasteiger partial charge in [-0.2, -0.15) is 9.40 Å². The molecule has 1 amide bonds. The van der Waals surface area contributed by atoms with Crippen LogP contribution in [-0.4, -0.2) is 35.4 Å². The molecule has 1 aliphatic heterocycles. The zero-order valence-corrected chi connectivity index (χ0v) is 17.1. The van der Waals surface area contributed by atoms with Gasteiger partial charge in [0.15, 0.2) is 0 Å². The maximum Gasteiger partial charge on any atom is 0.256 e. The summed E-state index contributed by atoms with van der Waals surface area (Å²) in [7, 11) is -3.61. The number of nitrogens with zero attached hydrogens (tertiary/aromatic N) is 2. The Bertz CT molecular complexity index is 1130. The average molecular weight is 461 g/mol. The molecule has 1 aromatic heterocycles. The van der Waals surface area contributed by atoms with Gasteiger partial charge < -0.3 is 5.32 Å². The summed E-state index contributed by atoms with van der Waals surface area (Å²) in [5.41, 5.74) is 1.94. The predicted molar refractivity (Wildman–Crippen MR) is 108 cm³/mol. The Balaban J connectivity index is 1.58. The van der Waals surface area contributed by atoms with Crippen LogP contribution >= 0.6 is 15.9 Å². The van der Waals surface area contributed by atoms with Crippen molar-refractivity contribution in [3.63, 3.8) is 0 Å². The summed E-state index contributed by atoms with van der Waals surface area (Å²) >= 11 is 3.35. The molecule has 0 unspecified atom stereocenters. The quantitative estimate of drug-likeness (QED) is 0.624. The van der Waals surface area contributed by atoms with E-state index in [0.717, 1.165) is 10.2 Å². The van der Waals surface area contributed by atoms with Crippen molar-refractivity contribution in [3.8, 4) is 0 Å². The molecule has 0 bridgehead atoms. The molecule has 7 nitrogen and oxygen atoms in total. The fourth-order valence-electron chi connectivity index (χ4n) is 3.13. The fraction of sp³-hybridized carbons (Fsp3) is 0.158. The monoisotopic (exact) mass is 460 g/mol. The van der Waals surface area contributed by atoms with Crippen LogP contribution in [-0.2, 0) is 23.0 Å². The number of amides is 1. The summed E-state index contributed by atoms with van der Waals surface area (Å²) < 4.78 is 28.0. The highest BCUT2D eigenvalue weighted by molar-refractivity contribution is 9.10. The van der Waals surface area contributed by atoms with Gasteiger partial charge >= 0.3 is 0 Å². The molecule has 2 aromatic carbocycles. The molecule has 1 aliphatic rings. The fourth-order valence-corrected chi connectivity index (χ4v) is 4.96. The predicted octanol–water partition coefficient (Wildman–Crippen LogP) is 3.17. The Labute approximate surface area is 170 Å². The van der Waals surface area contributed by atoms with E-state index in [2.05, 4.69) is 31.4 Å². The van der Waals surface area contributed by atoms with Crippen LogP contribution in [0.5, 0.6) is 0 Å². The Morgan fingerprint density at radius 1 is 1.14 bits per heavy atom. The molecule has 0 atom stereocenters. The molecule has 0 saturated carbocycles. The molecular formula is C19H17BrN4O3S. The van der Waals surface area contributed by atoms with E-state index in [1.54, 1.807) is 48.5 Å². The van der Waals surface area contributed by atoms with Crippen molar-refractivity contribution in [2.45, 2.75) is 17.9 Å². The number of benzene rings is 2. The molecule has 0 fully saturated rings. The molecule has 0 aliphatic carbocycles. The second-order valence-electron chi connectivity index (χ2n) is 6.39. The highest BCUT2D eigenvalue weighted by Crippen LogP contribution is 2.28. The first-order chi connectivity index (χ1) is 13.4. The number of hydrogen-bond donors (Lipinski definition) is 2. The zero-order valence-electron chi connectivity index (χ0n) is 14.7. The van der Waals surface area contributed by atoms with E-state index < -0.39 is 10.0 Å². The van der Waals surface area contributed by atoms with Crippen LogP contribution in [0.2, 0.25) is 0 Å². The van der Waals surface area contributed by atoms with Crippen LogP contribution in [0.1, 0.15) is 21.6 Å². The number of carbonyl (C=O) groups excluding carboxylic acids is 1. The van der Waals surface area contributed by atoms with Crippen molar-refractivity contribution in [2.75, 3.05) is 11.9 Å². The Kier molecular flexibility index (Phi) is 5.05. The average Bonchev–Trinajstić information content (AvgIpc) is 3.10. The minimum atomic E-state index is -3.61. The summed E-state index contributed by atoms with van der Waals surface area (Å²) in [6.45, 7) is 0.491. The third-order valence-electron chi connectivity index (χ3n) is 4.59. The number of anilines is 1. The summed E-state index contributed by atoms with van der Waals surface area (Å²) in [4.78, 5) is 12.8. The van der Waals surface area contributed by atoms with E-state index in [1.807, 2.05) is 6.07 Å². The minimum Gasteiger partial charge on any atom is -0.307 e. The zero-order chi connectivity index (χ0) is 19.7. The van der Waals surface area contributed by atoms with Crippen LogP contribution < -0.4 is 5.32 Å². The standard InChI is InChI=1S/C19H17BrN4O3S/c20-14-6-4-5-13(11-14)19(25)21-18-16-12-24(10-9-17(16)22-23-18)28(26,27)15-7-2-1-3-8-15/h1-8,11H,9-10,12H2,(H2,21,22,23,25). The van der Waals surface area contributed by atoms with Crippen LogP contribution in [0.4, 0.5) is 5.82 Å². The third kappa shape index (κ3) is 3.60. The van der Waals surface area contributed by atoms with E-state index in [-0.39, 0.29) is 17.3 Å². The number of fused-ring (bicyclic) bond motifs is 1. The second-order valence-corrected chi connectivity index (χ2v) is 9.24. The van der Waals surface area contributed by atoms with Gasteiger partial charge in [-0.25, -0.2) is 8.42 Å². The highest BCUT2D eigenvalue weighted by Gasteiger charge is 2.31. The Morgan fingerprint density at radius 3 is 2.68 bits per heavy atom. The number of aromatic nitrogens is 2. The summed E-state index contributed by atoms with van der Waals surface area (Å²) in [6, 6.07) is 15.4. The van der Waals surface area contributed by atoms with Crippen molar-refractivity contribution < 1.29 is 13.2 Å². The summed E-state index contributed by atoms with van der Waals surface area (Å²) in [6.07, 6.45) is 0.477. The lowest BCUT2D eigenvalue weighted by atomic mass is 10.1. The van der Waals surface area contributed by atoms with Crippen molar-refractivity contribution in [2.24, 2.45) is 0 Å². The number of rotatable bonds is 4. The first-order valence-corrected chi connectivity index (χ1v) is 10.9. The summed E-state index contributed by atoms with van der Waals surface area (Å²) in [5.74, 6) is 0.128. The van der Waals surface area contributed by atoms with Gasteiger partial charge in [0.1, 0.15) is 5.82 Å². The van der Waals surface area contributed by atoms with Crippen molar-refractivity contribution >= 4 is 37.7 Å². The SMILES string of the molecule is O=C(Nc1[nH]nc2c1CN(S(=O)(=O)c1ccccc1)CC2)c1cccc(Br)c1. The summed E-state index contributed by atoms with van der Waals surface area (Å²) in [5, 5.41) is 9.87. The normalized spacial score (nSPS) is 14.5. The van der Waals surface area contributed by atoms with Gasteiger partial charge in [-0.3, -0.25) is 9.89 Å². The lowest BCUT2D eigenvalue weighted by Gasteiger charge is -2.26. The maximum atomic E-state index is 12.9. The van der Waals surface area contributed by atoms with Gasteiger partial charge in [0.25, 0.3) is 5.91 Å². The smallest absolute Gasteiger partial charge is 0.256 e. The first-order valence-electron chi connectivity index (χ1n) is 8.63. The van der Waals surface area contributed by atoms with Gasteiger partial charge in [-0.1, -0.05) is 40.2 Å². The molecule has 0 spiro atoms. The van der Waals surface area contributed by atoms with Crippen molar-refractivity contribution in [3.05, 3.63) is 75.9 Å². The molecule has 3 aromatic rings. The lowest BCUT2D eigenvalue weighted by Crippen LogP contribution is -2.36. The van der Waals surface area contributed by atoms with Crippen molar-refractivity contribution in [1.29, 1.82) is 0 Å². The molecule has 4 rings (SSSR count). The van der Waals surface area contributed by atoms with Gasteiger partial charge in [0.2, 0.25) is 10.0 Å². The highest BCUT2D eigenvalue weighted by atomic mass is 79.9. The molecular weight excluding hydrogens is 444 g/mol. The first kappa shape index (κ1) is 18.9. The van der Waals surface area contributed by atoms with E-state index in [9.17, 15) is 13.2 Å². The minimum absolute atomic E-state index is 0.150. The molecule has 144 valence electrons. The van der Waals surface area contributed by atoms with Crippen LogP contribution in [0.15, 0.2) is 64.0 Å². The maximum absolute atomic E-state index is 12.9. The number of nitrogens with one attached hydrogen (secondary N) is 2. The molecule has 28 heavy (non-hydrogen) atoms. The molecule has 2 N–H and O–H groups in total. The molecule has 0 radical (unpaired) electrons. The number of halogens is 1. The number of aromatic amines is 1. The van der Waals surface area contributed by atoms with Gasteiger partial charge in [-0.15, -0.1) is 0 Å². The van der Waals surface area contributed by atoms with Gasteiger partial charge in [-0.05, 0) is 30.3 Å². The topological polar surface area (TPSA) is 95.2 Å². The number of carbonyl (C=O) groups is 1. The van der Waals surface area contributed by atoms with E-state index in [0.29, 0.717) is 29.9 Å². The van der Waals surface area contributed by atoms with Gasteiger partial charge in [0.05, 0.1) is 10.6 Å². The van der Waals surface area contributed by atoms with Crippen LogP contribution in [0, 0.1) is 0 Å². The molecule has 9 heteroatoms. The van der Waals surface area contributed by atoms with E-state index in [4.69, 9.17) is 0 Å². The van der Waals surface area contributed by atoms with Crippen LogP contribution in [0.25, 0.3) is 0 Å². The molecule has 2 heterocycles. The van der Waals surface area contributed by atoms with E-state index in [1.165, 1.54) is 4.31 Å². The number of sulfonamides is 1. The lowest BCUT2D eigenvalue weighted by molar-refractivity contribution is 0.102. The third-order valence-corrected chi connectivity index (χ3v) is 6.94. The van der Waals surface area contributed by atoms with E-state index >= 15 is 0 Å². The van der Waals surface area contributed by atoms with Gasteiger partial charge in [0, 0.05) is 35.1 Å². The van der Waals surface area contributed by atoms with Crippen LogP contribution in [0.3, 0.4) is 0 Å². The Hall–Kier alpha value is -2.49. The number of hydrogen-bond acceptors (Lipinski definition) is 4. The molecule has 0 saturated heterocycles. The second kappa shape index (κ2) is 7.50. The largest absolute Gasteiger partial charge is 0.307 e.